The summed E-state index contributed by atoms with van der Waals surface area (Å²) in [6, 6.07) is 4.63. The normalized spacial score (nSPS) is 21.2. The minimum absolute atomic E-state index is 0.256. The van der Waals surface area contributed by atoms with Gasteiger partial charge in [-0.25, -0.2) is 9.18 Å². The molecule has 19 heavy (non-hydrogen) atoms. The van der Waals surface area contributed by atoms with E-state index in [2.05, 4.69) is 5.32 Å². The van der Waals surface area contributed by atoms with Crippen LogP contribution in [0.15, 0.2) is 18.2 Å². The molecule has 0 heterocycles. The van der Waals surface area contributed by atoms with Gasteiger partial charge in [-0.2, -0.15) is 0 Å². The number of benzene rings is 1. The Morgan fingerprint density at radius 3 is 2.95 bits per heavy atom. The molecule has 104 valence electrons. The van der Waals surface area contributed by atoms with Gasteiger partial charge in [-0.3, -0.25) is 5.32 Å². The van der Waals surface area contributed by atoms with Crippen molar-refractivity contribution in [1.82, 2.24) is 5.32 Å². The van der Waals surface area contributed by atoms with Crippen molar-refractivity contribution in [2.45, 2.75) is 38.6 Å². The Bertz CT molecular complexity index is 475. The average molecular weight is 265 g/mol. The first-order valence-electron chi connectivity index (χ1n) is 6.85. The minimum atomic E-state index is -0.797. The zero-order chi connectivity index (χ0) is 13.9. The molecule has 0 bridgehead atoms. The van der Waals surface area contributed by atoms with Crippen molar-refractivity contribution in [2.75, 3.05) is 13.2 Å². The number of rotatable bonds is 5. The number of aryl methyl sites for hydroxylation is 1. The van der Waals surface area contributed by atoms with Crippen LogP contribution < -0.4 is 5.32 Å². The molecule has 0 aromatic heterocycles. The molecule has 0 saturated heterocycles. The van der Waals surface area contributed by atoms with Crippen LogP contribution in [0.2, 0.25) is 0 Å². The lowest BCUT2D eigenvalue weighted by Crippen LogP contribution is -2.49. The van der Waals surface area contributed by atoms with Crippen LogP contribution in [0.4, 0.5) is 4.39 Å². The van der Waals surface area contributed by atoms with E-state index in [-0.39, 0.29) is 11.8 Å². The second-order valence-corrected chi connectivity index (χ2v) is 4.85. The summed E-state index contributed by atoms with van der Waals surface area (Å²) in [6.45, 7) is 4.93. The number of carbonyl (C=O) groups excluding carboxylic acids is 1. The average Bonchev–Trinajstić information content (AvgIpc) is 2.76. The lowest BCUT2D eigenvalue weighted by Gasteiger charge is -2.29. The highest BCUT2D eigenvalue weighted by molar-refractivity contribution is 5.84. The number of hydrogen-bond donors (Lipinski definition) is 1. The zero-order valence-corrected chi connectivity index (χ0v) is 11.5. The van der Waals surface area contributed by atoms with Crippen LogP contribution in [0.25, 0.3) is 0 Å². The maximum Gasteiger partial charge on any atom is 0.331 e. The predicted octanol–water partition coefficient (Wildman–Crippen LogP) is 2.53. The molecule has 0 saturated carbocycles. The molecule has 1 aromatic rings. The van der Waals surface area contributed by atoms with Gasteiger partial charge in [-0.1, -0.05) is 13.0 Å². The van der Waals surface area contributed by atoms with E-state index in [4.69, 9.17) is 4.74 Å². The fourth-order valence-electron chi connectivity index (χ4n) is 2.70. The van der Waals surface area contributed by atoms with Crippen LogP contribution in [-0.4, -0.2) is 19.1 Å². The monoisotopic (exact) mass is 265 g/mol. The minimum Gasteiger partial charge on any atom is -0.464 e. The van der Waals surface area contributed by atoms with Crippen molar-refractivity contribution in [2.24, 2.45) is 0 Å². The number of fused-ring (bicyclic) bond motifs is 1. The highest BCUT2D eigenvalue weighted by Gasteiger charge is 2.46. The molecule has 2 rings (SSSR count). The fourth-order valence-corrected chi connectivity index (χ4v) is 2.70. The highest BCUT2D eigenvalue weighted by Crippen LogP contribution is 2.38. The van der Waals surface area contributed by atoms with Crippen molar-refractivity contribution >= 4 is 5.97 Å². The summed E-state index contributed by atoms with van der Waals surface area (Å²) >= 11 is 0. The van der Waals surface area contributed by atoms with E-state index in [1.807, 2.05) is 6.92 Å². The van der Waals surface area contributed by atoms with Crippen LogP contribution in [0.5, 0.6) is 0 Å². The Morgan fingerprint density at radius 2 is 2.26 bits per heavy atom. The predicted molar refractivity (Wildman–Crippen MR) is 71.3 cm³/mol. The second-order valence-electron chi connectivity index (χ2n) is 4.85. The molecular formula is C15H20FNO2. The van der Waals surface area contributed by atoms with Crippen molar-refractivity contribution in [1.29, 1.82) is 0 Å². The number of carbonyl (C=O) groups is 1. The van der Waals surface area contributed by atoms with E-state index in [9.17, 15) is 9.18 Å². The van der Waals surface area contributed by atoms with Crippen LogP contribution in [0, 0.1) is 5.82 Å². The van der Waals surface area contributed by atoms with E-state index in [1.165, 1.54) is 12.1 Å². The van der Waals surface area contributed by atoms with Crippen LogP contribution in [0.1, 0.15) is 37.8 Å². The molecule has 0 spiro atoms. The van der Waals surface area contributed by atoms with E-state index >= 15 is 0 Å². The van der Waals surface area contributed by atoms with Gasteiger partial charge in [0.25, 0.3) is 0 Å². The third kappa shape index (κ3) is 2.50. The smallest absolute Gasteiger partial charge is 0.331 e. The van der Waals surface area contributed by atoms with E-state index in [0.717, 1.165) is 24.1 Å². The quantitative estimate of drug-likeness (QED) is 0.831. The number of ether oxygens (including phenoxy) is 1. The molecule has 1 aliphatic carbocycles. The van der Waals surface area contributed by atoms with E-state index < -0.39 is 5.54 Å². The molecule has 4 heteroatoms. The zero-order valence-electron chi connectivity index (χ0n) is 11.5. The van der Waals surface area contributed by atoms with Gasteiger partial charge in [0.1, 0.15) is 11.4 Å². The molecule has 1 atom stereocenters. The summed E-state index contributed by atoms with van der Waals surface area (Å²) in [6.07, 6.45) is 2.25. The molecule has 0 radical (unpaired) electrons. The lowest BCUT2D eigenvalue weighted by atomic mass is 9.91. The van der Waals surface area contributed by atoms with Gasteiger partial charge in [-0.05, 0) is 56.0 Å². The van der Waals surface area contributed by atoms with Crippen LogP contribution in [0.3, 0.4) is 0 Å². The van der Waals surface area contributed by atoms with E-state index in [1.54, 1.807) is 13.0 Å². The summed E-state index contributed by atoms with van der Waals surface area (Å²) in [7, 11) is 0. The Kier molecular flexibility index (Phi) is 4.20. The maximum absolute atomic E-state index is 13.3. The van der Waals surface area contributed by atoms with Crippen molar-refractivity contribution in [3.05, 3.63) is 35.1 Å². The molecule has 1 aliphatic rings. The highest BCUT2D eigenvalue weighted by atomic mass is 19.1. The standard InChI is InChI=1S/C15H20FNO2/c1-3-9-17-15(14(18)19-4-2)8-7-11-10-12(16)5-6-13(11)15/h5-6,10,17H,3-4,7-9H2,1-2H3. The molecule has 1 unspecified atom stereocenters. The topological polar surface area (TPSA) is 38.3 Å². The molecule has 3 nitrogen and oxygen atoms in total. The number of halogens is 1. The van der Waals surface area contributed by atoms with Crippen molar-refractivity contribution < 1.29 is 13.9 Å². The largest absolute Gasteiger partial charge is 0.464 e. The molecule has 0 amide bonds. The first kappa shape index (κ1) is 14.0. The van der Waals surface area contributed by atoms with E-state index in [0.29, 0.717) is 19.4 Å². The summed E-state index contributed by atoms with van der Waals surface area (Å²) in [5, 5.41) is 3.31. The van der Waals surface area contributed by atoms with Gasteiger partial charge in [-0.15, -0.1) is 0 Å². The summed E-state index contributed by atoms with van der Waals surface area (Å²) in [5.41, 5.74) is 0.965. The summed E-state index contributed by atoms with van der Waals surface area (Å²) in [4.78, 5) is 12.3. The Morgan fingerprint density at radius 1 is 1.47 bits per heavy atom. The molecule has 1 N–H and O–H groups in total. The van der Waals surface area contributed by atoms with Gasteiger partial charge in [0.15, 0.2) is 0 Å². The first-order valence-corrected chi connectivity index (χ1v) is 6.85. The third-order valence-corrected chi connectivity index (χ3v) is 3.60. The van der Waals surface area contributed by atoms with Gasteiger partial charge in [0, 0.05) is 0 Å². The Labute approximate surface area is 113 Å². The van der Waals surface area contributed by atoms with Gasteiger partial charge in [0.2, 0.25) is 0 Å². The van der Waals surface area contributed by atoms with Gasteiger partial charge < -0.3 is 4.74 Å². The van der Waals surface area contributed by atoms with Crippen LogP contribution >= 0.6 is 0 Å². The fraction of sp³-hybridized carbons (Fsp3) is 0.533. The van der Waals surface area contributed by atoms with Crippen molar-refractivity contribution in [3.63, 3.8) is 0 Å². The summed E-state index contributed by atoms with van der Waals surface area (Å²) in [5.74, 6) is -0.511. The second kappa shape index (κ2) is 5.70. The molecular weight excluding hydrogens is 245 g/mol. The van der Waals surface area contributed by atoms with Crippen molar-refractivity contribution in [3.8, 4) is 0 Å². The Hall–Kier alpha value is -1.42. The van der Waals surface area contributed by atoms with Crippen LogP contribution in [-0.2, 0) is 21.5 Å². The molecule has 1 aromatic carbocycles. The first-order chi connectivity index (χ1) is 9.14. The molecule has 0 fully saturated rings. The summed E-state index contributed by atoms with van der Waals surface area (Å²) < 4.78 is 18.5. The number of nitrogens with one attached hydrogen (secondary N) is 1. The number of esters is 1. The third-order valence-electron chi connectivity index (χ3n) is 3.60. The van der Waals surface area contributed by atoms with Gasteiger partial charge >= 0.3 is 5.97 Å². The molecule has 0 aliphatic heterocycles. The lowest BCUT2D eigenvalue weighted by molar-refractivity contribution is -0.151. The number of hydrogen-bond acceptors (Lipinski definition) is 3. The Balaban J connectivity index is 2.39. The van der Waals surface area contributed by atoms with Gasteiger partial charge in [0.05, 0.1) is 6.61 Å². The SMILES string of the molecule is CCCNC1(C(=O)OCC)CCc2cc(F)ccc21. The maximum atomic E-state index is 13.3.